The van der Waals surface area contributed by atoms with Crippen molar-refractivity contribution in [3.05, 3.63) is 95.7 Å². The highest BCUT2D eigenvalue weighted by atomic mass is 32.2. The molecule has 0 unspecified atom stereocenters. The normalized spacial score (nSPS) is 10.7. The first-order chi connectivity index (χ1) is 16.0. The van der Waals surface area contributed by atoms with Crippen molar-refractivity contribution < 1.29 is 14.0 Å². The molecule has 0 saturated heterocycles. The van der Waals surface area contributed by atoms with Crippen molar-refractivity contribution in [3.8, 4) is 5.69 Å². The van der Waals surface area contributed by atoms with Crippen molar-refractivity contribution >= 4 is 29.3 Å². The van der Waals surface area contributed by atoms with Crippen LogP contribution in [0.4, 0.5) is 5.69 Å². The highest BCUT2D eigenvalue weighted by Gasteiger charge is 2.13. The monoisotopic (exact) mass is 460 g/mol. The van der Waals surface area contributed by atoms with Crippen LogP contribution in [0.25, 0.3) is 5.69 Å². The summed E-state index contributed by atoms with van der Waals surface area (Å²) in [5, 5.41) is 6.48. The first kappa shape index (κ1) is 22.4. The average Bonchev–Trinajstić information content (AvgIpc) is 3.51. The van der Waals surface area contributed by atoms with Gasteiger partial charge in [-0.3, -0.25) is 14.2 Å². The number of carbonyl (C=O) groups excluding carboxylic acids is 2. The average molecular weight is 461 g/mol. The molecule has 2 aromatic heterocycles. The van der Waals surface area contributed by atoms with Crippen LogP contribution in [0, 0.1) is 13.8 Å². The number of aromatic nitrogens is 2. The third kappa shape index (κ3) is 5.53. The molecule has 2 aromatic carbocycles. The largest absolute Gasteiger partial charge is 0.467 e. The number of anilines is 1. The van der Waals surface area contributed by atoms with Crippen molar-refractivity contribution in [1.29, 1.82) is 0 Å². The second-order valence-corrected chi connectivity index (χ2v) is 8.42. The van der Waals surface area contributed by atoms with E-state index in [0.717, 1.165) is 22.5 Å². The van der Waals surface area contributed by atoms with Gasteiger partial charge in [-0.2, -0.15) is 0 Å². The number of thioether (sulfide) groups is 1. The Kier molecular flexibility index (Phi) is 6.95. The molecule has 2 heterocycles. The highest BCUT2D eigenvalue weighted by Crippen LogP contribution is 2.23. The van der Waals surface area contributed by atoms with Crippen LogP contribution in [-0.4, -0.2) is 27.1 Å². The number of aryl methyl sites for hydroxylation is 1. The minimum Gasteiger partial charge on any atom is -0.467 e. The van der Waals surface area contributed by atoms with Gasteiger partial charge in [0.05, 0.1) is 18.6 Å². The van der Waals surface area contributed by atoms with E-state index in [1.165, 1.54) is 11.8 Å². The van der Waals surface area contributed by atoms with E-state index in [2.05, 4.69) is 15.6 Å². The molecule has 0 atom stereocenters. The molecule has 2 amide bonds. The van der Waals surface area contributed by atoms with Gasteiger partial charge in [-0.1, -0.05) is 30.0 Å². The SMILES string of the molecule is Cc1cccc(NC(=O)CSc2nccn2-c2cccc(C(=O)NCc3ccco3)c2)c1C. The van der Waals surface area contributed by atoms with Gasteiger partial charge in [-0.25, -0.2) is 4.98 Å². The van der Waals surface area contributed by atoms with Gasteiger partial charge in [0.2, 0.25) is 5.91 Å². The Morgan fingerprint density at radius 2 is 1.94 bits per heavy atom. The van der Waals surface area contributed by atoms with Gasteiger partial charge in [0.15, 0.2) is 5.16 Å². The zero-order valence-electron chi connectivity index (χ0n) is 18.4. The van der Waals surface area contributed by atoms with Crippen LogP contribution in [0.3, 0.4) is 0 Å². The quantitative estimate of drug-likeness (QED) is 0.371. The molecule has 8 heteroatoms. The number of nitrogens with one attached hydrogen (secondary N) is 2. The third-order valence-corrected chi connectivity index (χ3v) is 6.17. The Morgan fingerprint density at radius 3 is 2.76 bits per heavy atom. The maximum absolute atomic E-state index is 12.6. The van der Waals surface area contributed by atoms with Gasteiger partial charge in [-0.05, 0) is 61.4 Å². The highest BCUT2D eigenvalue weighted by molar-refractivity contribution is 7.99. The first-order valence-electron chi connectivity index (χ1n) is 10.4. The summed E-state index contributed by atoms with van der Waals surface area (Å²) in [7, 11) is 0. The zero-order chi connectivity index (χ0) is 23.2. The number of hydrogen-bond donors (Lipinski definition) is 2. The molecular formula is C25H24N4O3S. The van der Waals surface area contributed by atoms with Crippen LogP contribution in [0.1, 0.15) is 27.2 Å². The summed E-state index contributed by atoms with van der Waals surface area (Å²) in [6, 6.07) is 16.7. The van der Waals surface area contributed by atoms with E-state index >= 15 is 0 Å². The number of nitrogens with zero attached hydrogens (tertiary/aromatic N) is 2. The Morgan fingerprint density at radius 1 is 1.09 bits per heavy atom. The second kappa shape index (κ2) is 10.2. The molecule has 0 aliphatic rings. The minimum atomic E-state index is -0.199. The lowest BCUT2D eigenvalue weighted by Gasteiger charge is -2.11. The number of hydrogen-bond acceptors (Lipinski definition) is 5. The lowest BCUT2D eigenvalue weighted by Crippen LogP contribution is -2.22. The topological polar surface area (TPSA) is 89.2 Å². The molecular weight excluding hydrogens is 436 g/mol. The smallest absolute Gasteiger partial charge is 0.251 e. The predicted molar refractivity (Wildman–Crippen MR) is 129 cm³/mol. The van der Waals surface area contributed by atoms with Crippen molar-refractivity contribution in [3.63, 3.8) is 0 Å². The van der Waals surface area contributed by atoms with Gasteiger partial charge < -0.3 is 15.1 Å². The molecule has 0 radical (unpaired) electrons. The fourth-order valence-corrected chi connectivity index (χ4v) is 4.05. The van der Waals surface area contributed by atoms with E-state index in [9.17, 15) is 9.59 Å². The molecule has 0 bridgehead atoms. The van der Waals surface area contributed by atoms with Gasteiger partial charge in [0.25, 0.3) is 5.91 Å². The Balaban J connectivity index is 1.40. The summed E-state index contributed by atoms with van der Waals surface area (Å²) in [5.74, 6) is 0.602. The molecule has 7 nitrogen and oxygen atoms in total. The minimum absolute atomic E-state index is 0.102. The fourth-order valence-electron chi connectivity index (χ4n) is 3.28. The fraction of sp³-hybridized carbons (Fsp3) is 0.160. The Hall–Kier alpha value is -3.78. The molecule has 0 fully saturated rings. The van der Waals surface area contributed by atoms with E-state index in [0.29, 0.717) is 23.0 Å². The van der Waals surface area contributed by atoms with Crippen LogP contribution in [0.5, 0.6) is 0 Å². The van der Waals surface area contributed by atoms with Gasteiger partial charge in [-0.15, -0.1) is 0 Å². The molecule has 4 aromatic rings. The van der Waals surface area contributed by atoms with Gasteiger partial charge >= 0.3 is 0 Å². The first-order valence-corrected chi connectivity index (χ1v) is 11.4. The molecule has 0 spiro atoms. The van der Waals surface area contributed by atoms with Crippen LogP contribution >= 0.6 is 11.8 Å². The van der Waals surface area contributed by atoms with Gasteiger partial charge in [0, 0.05) is 29.3 Å². The van der Waals surface area contributed by atoms with Crippen molar-refractivity contribution in [2.75, 3.05) is 11.1 Å². The lowest BCUT2D eigenvalue weighted by atomic mass is 10.1. The predicted octanol–water partition coefficient (Wildman–Crippen LogP) is 4.74. The lowest BCUT2D eigenvalue weighted by molar-refractivity contribution is -0.113. The molecule has 0 saturated carbocycles. The number of benzene rings is 2. The van der Waals surface area contributed by atoms with E-state index in [1.807, 2.05) is 61.0 Å². The number of amides is 2. The standard InChI is InChI=1S/C25H24N4O3S/c1-17-6-3-10-22(18(17)2)28-23(30)16-33-25-26-11-12-29(25)20-8-4-7-19(14-20)24(31)27-15-21-9-5-13-32-21/h3-14H,15-16H2,1-2H3,(H,27,31)(H,28,30). The second-order valence-electron chi connectivity index (χ2n) is 7.48. The van der Waals surface area contributed by atoms with E-state index in [-0.39, 0.29) is 17.6 Å². The number of rotatable bonds is 8. The molecule has 4 rings (SSSR count). The summed E-state index contributed by atoms with van der Waals surface area (Å²) >= 11 is 1.34. The Labute approximate surface area is 196 Å². The number of furan rings is 1. The molecule has 2 N–H and O–H groups in total. The van der Waals surface area contributed by atoms with E-state index in [4.69, 9.17) is 4.42 Å². The summed E-state index contributed by atoms with van der Waals surface area (Å²) in [6.45, 7) is 4.32. The van der Waals surface area contributed by atoms with Crippen molar-refractivity contribution in [2.24, 2.45) is 0 Å². The summed E-state index contributed by atoms with van der Waals surface area (Å²) < 4.78 is 7.11. The summed E-state index contributed by atoms with van der Waals surface area (Å²) in [6.07, 6.45) is 5.06. The maximum atomic E-state index is 12.6. The van der Waals surface area contributed by atoms with Crippen molar-refractivity contribution in [2.45, 2.75) is 25.5 Å². The third-order valence-electron chi connectivity index (χ3n) is 5.21. The number of imidazole rings is 1. The maximum Gasteiger partial charge on any atom is 0.251 e. The number of carbonyl (C=O) groups is 2. The molecule has 0 aliphatic heterocycles. The van der Waals surface area contributed by atoms with E-state index < -0.39 is 0 Å². The molecule has 168 valence electrons. The summed E-state index contributed by atoms with van der Waals surface area (Å²) in [5.41, 5.74) is 4.31. The molecule has 0 aliphatic carbocycles. The molecule has 33 heavy (non-hydrogen) atoms. The van der Waals surface area contributed by atoms with Crippen LogP contribution in [-0.2, 0) is 11.3 Å². The Bertz CT molecular complexity index is 1260. The van der Waals surface area contributed by atoms with Crippen molar-refractivity contribution in [1.82, 2.24) is 14.9 Å². The van der Waals surface area contributed by atoms with Crippen LogP contribution < -0.4 is 10.6 Å². The van der Waals surface area contributed by atoms with Crippen LogP contribution in [0.15, 0.2) is 82.8 Å². The van der Waals surface area contributed by atoms with E-state index in [1.54, 1.807) is 30.7 Å². The summed E-state index contributed by atoms with van der Waals surface area (Å²) in [4.78, 5) is 29.4. The van der Waals surface area contributed by atoms with Crippen LogP contribution in [0.2, 0.25) is 0 Å². The van der Waals surface area contributed by atoms with Gasteiger partial charge in [0.1, 0.15) is 5.76 Å². The zero-order valence-corrected chi connectivity index (χ0v) is 19.2.